The third-order valence-corrected chi connectivity index (χ3v) is 4.16. The van der Waals surface area contributed by atoms with Gasteiger partial charge in [-0.05, 0) is 30.2 Å². The summed E-state index contributed by atoms with van der Waals surface area (Å²) in [7, 11) is 4.93. The minimum atomic E-state index is -0.0449. The van der Waals surface area contributed by atoms with Crippen LogP contribution >= 0.6 is 0 Å². The van der Waals surface area contributed by atoms with E-state index in [1.807, 2.05) is 13.1 Å². The predicted octanol–water partition coefficient (Wildman–Crippen LogP) is 2.10. The van der Waals surface area contributed by atoms with Crippen LogP contribution in [0.5, 0.6) is 5.75 Å². The van der Waals surface area contributed by atoms with Gasteiger partial charge in [0.05, 0.1) is 31.0 Å². The Morgan fingerprint density at radius 2 is 2.15 bits per heavy atom. The number of benzene rings is 1. The van der Waals surface area contributed by atoms with E-state index < -0.39 is 0 Å². The average molecular weight is 356 g/mol. The standard InChI is InChI=1S/C19H24N4O3/c1-5-15-12-23(13-18(24)22(2)8-9-25-3)21-19(15)16-10-14(11-20)6-7-17(16)26-4/h6-7,10,12H,5,8-9,13H2,1-4H3. The Morgan fingerprint density at radius 1 is 1.38 bits per heavy atom. The number of aryl methyl sites for hydroxylation is 1. The zero-order chi connectivity index (χ0) is 19.1. The number of methoxy groups -OCH3 is 2. The normalized spacial score (nSPS) is 10.4. The Kier molecular flexibility index (Phi) is 6.75. The second-order valence-electron chi connectivity index (χ2n) is 5.89. The number of hydrogen-bond acceptors (Lipinski definition) is 5. The Morgan fingerprint density at radius 3 is 2.77 bits per heavy atom. The molecule has 138 valence electrons. The maximum atomic E-state index is 12.3. The molecule has 1 amide bonds. The number of amides is 1. The molecule has 0 unspecified atom stereocenters. The molecule has 0 saturated carbocycles. The lowest BCUT2D eigenvalue weighted by Gasteiger charge is -2.16. The molecule has 0 saturated heterocycles. The first-order valence-corrected chi connectivity index (χ1v) is 8.41. The minimum Gasteiger partial charge on any atom is -0.496 e. The predicted molar refractivity (Wildman–Crippen MR) is 97.8 cm³/mol. The zero-order valence-corrected chi connectivity index (χ0v) is 15.7. The lowest BCUT2D eigenvalue weighted by Crippen LogP contribution is -2.32. The summed E-state index contributed by atoms with van der Waals surface area (Å²) in [6.45, 7) is 3.19. The van der Waals surface area contributed by atoms with Crippen LogP contribution in [0, 0.1) is 11.3 Å². The molecule has 7 heteroatoms. The molecule has 2 aromatic rings. The van der Waals surface area contributed by atoms with Crippen LogP contribution in [0.2, 0.25) is 0 Å². The van der Waals surface area contributed by atoms with E-state index in [1.54, 1.807) is 49.0 Å². The first-order valence-electron chi connectivity index (χ1n) is 8.41. The van der Waals surface area contributed by atoms with E-state index in [-0.39, 0.29) is 12.5 Å². The molecular weight excluding hydrogens is 332 g/mol. The Hall–Kier alpha value is -2.85. The van der Waals surface area contributed by atoms with Gasteiger partial charge in [-0.3, -0.25) is 9.48 Å². The summed E-state index contributed by atoms with van der Waals surface area (Å²) in [6.07, 6.45) is 2.62. The maximum Gasteiger partial charge on any atom is 0.244 e. The number of ether oxygens (including phenoxy) is 2. The van der Waals surface area contributed by atoms with E-state index in [0.717, 1.165) is 23.2 Å². The van der Waals surface area contributed by atoms with Gasteiger partial charge in [-0.25, -0.2) is 0 Å². The van der Waals surface area contributed by atoms with Crippen molar-refractivity contribution in [2.75, 3.05) is 34.4 Å². The third kappa shape index (κ3) is 4.41. The molecule has 1 heterocycles. The van der Waals surface area contributed by atoms with Crippen molar-refractivity contribution in [2.45, 2.75) is 19.9 Å². The van der Waals surface area contributed by atoms with E-state index in [9.17, 15) is 10.1 Å². The number of nitriles is 1. The molecule has 7 nitrogen and oxygen atoms in total. The molecule has 0 radical (unpaired) electrons. The number of likely N-dealkylation sites (N-methyl/N-ethyl adjacent to an activating group) is 1. The number of rotatable bonds is 8. The Labute approximate surface area is 153 Å². The van der Waals surface area contributed by atoms with E-state index in [4.69, 9.17) is 9.47 Å². The molecule has 0 atom stereocenters. The van der Waals surface area contributed by atoms with Crippen molar-refractivity contribution in [2.24, 2.45) is 0 Å². The van der Waals surface area contributed by atoms with Crippen molar-refractivity contribution in [1.82, 2.24) is 14.7 Å². The third-order valence-electron chi connectivity index (χ3n) is 4.16. The number of aromatic nitrogens is 2. The van der Waals surface area contributed by atoms with Crippen LogP contribution in [0.15, 0.2) is 24.4 Å². The van der Waals surface area contributed by atoms with Gasteiger partial charge in [0.1, 0.15) is 12.3 Å². The summed E-state index contributed by atoms with van der Waals surface area (Å²) in [5, 5.41) is 13.8. The van der Waals surface area contributed by atoms with Crippen molar-refractivity contribution in [3.05, 3.63) is 35.5 Å². The number of nitrogens with zero attached hydrogens (tertiary/aromatic N) is 4. The van der Waals surface area contributed by atoms with E-state index in [0.29, 0.717) is 24.5 Å². The quantitative estimate of drug-likeness (QED) is 0.723. The van der Waals surface area contributed by atoms with E-state index in [2.05, 4.69) is 11.2 Å². The molecule has 0 fully saturated rings. The lowest BCUT2D eigenvalue weighted by atomic mass is 10.0. The summed E-state index contributed by atoms with van der Waals surface area (Å²) >= 11 is 0. The fourth-order valence-electron chi connectivity index (χ4n) is 2.60. The Balaban J connectivity index is 2.32. The van der Waals surface area contributed by atoms with Crippen LogP contribution < -0.4 is 4.74 Å². The molecule has 0 spiro atoms. The number of hydrogen-bond donors (Lipinski definition) is 0. The number of carbonyl (C=O) groups excluding carboxylic acids is 1. The first-order chi connectivity index (χ1) is 12.5. The largest absolute Gasteiger partial charge is 0.496 e. The second kappa shape index (κ2) is 9.02. The average Bonchev–Trinajstić information content (AvgIpc) is 3.07. The van der Waals surface area contributed by atoms with Gasteiger partial charge in [0.2, 0.25) is 5.91 Å². The van der Waals surface area contributed by atoms with Gasteiger partial charge in [0.25, 0.3) is 0 Å². The minimum absolute atomic E-state index is 0.0449. The molecule has 1 aromatic carbocycles. The highest BCUT2D eigenvalue weighted by Crippen LogP contribution is 2.32. The fourth-order valence-corrected chi connectivity index (χ4v) is 2.60. The summed E-state index contributed by atoms with van der Waals surface area (Å²) in [5.74, 6) is 0.601. The SMILES string of the molecule is CCc1cn(CC(=O)N(C)CCOC)nc1-c1cc(C#N)ccc1OC. The van der Waals surface area contributed by atoms with Gasteiger partial charge in [0, 0.05) is 32.5 Å². The summed E-state index contributed by atoms with van der Waals surface area (Å²) in [6, 6.07) is 7.37. The fraction of sp³-hybridized carbons (Fsp3) is 0.421. The van der Waals surface area contributed by atoms with Crippen LogP contribution in [-0.2, 0) is 22.5 Å². The molecule has 0 aliphatic heterocycles. The number of carbonyl (C=O) groups is 1. The molecule has 1 aromatic heterocycles. The molecular formula is C19H24N4O3. The van der Waals surface area contributed by atoms with Crippen LogP contribution in [0.1, 0.15) is 18.1 Å². The maximum absolute atomic E-state index is 12.3. The van der Waals surface area contributed by atoms with E-state index >= 15 is 0 Å². The van der Waals surface area contributed by atoms with Gasteiger partial charge in [0.15, 0.2) is 0 Å². The van der Waals surface area contributed by atoms with Crippen molar-refractivity contribution in [1.29, 1.82) is 5.26 Å². The molecule has 26 heavy (non-hydrogen) atoms. The smallest absolute Gasteiger partial charge is 0.244 e. The van der Waals surface area contributed by atoms with Crippen LogP contribution in [0.25, 0.3) is 11.3 Å². The topological polar surface area (TPSA) is 80.4 Å². The monoisotopic (exact) mass is 356 g/mol. The highest BCUT2D eigenvalue weighted by molar-refractivity contribution is 5.76. The summed E-state index contributed by atoms with van der Waals surface area (Å²) < 4.78 is 12.1. The van der Waals surface area contributed by atoms with Gasteiger partial charge in [-0.15, -0.1) is 0 Å². The molecule has 0 aliphatic rings. The Bertz CT molecular complexity index is 808. The highest BCUT2D eigenvalue weighted by atomic mass is 16.5. The van der Waals surface area contributed by atoms with Crippen molar-refractivity contribution < 1.29 is 14.3 Å². The first kappa shape index (κ1) is 19.5. The molecule has 0 aliphatic carbocycles. The van der Waals surface area contributed by atoms with Gasteiger partial charge >= 0.3 is 0 Å². The summed E-state index contributed by atoms with van der Waals surface area (Å²) in [5.41, 5.74) is 3.01. The van der Waals surface area contributed by atoms with Crippen LogP contribution in [0.3, 0.4) is 0 Å². The van der Waals surface area contributed by atoms with Crippen molar-refractivity contribution >= 4 is 5.91 Å². The van der Waals surface area contributed by atoms with Crippen LogP contribution in [-0.4, -0.2) is 55.0 Å². The van der Waals surface area contributed by atoms with E-state index in [1.165, 1.54) is 0 Å². The van der Waals surface area contributed by atoms with Gasteiger partial charge in [-0.1, -0.05) is 6.92 Å². The molecule has 0 bridgehead atoms. The zero-order valence-electron chi connectivity index (χ0n) is 15.7. The highest BCUT2D eigenvalue weighted by Gasteiger charge is 2.17. The van der Waals surface area contributed by atoms with Gasteiger partial charge in [-0.2, -0.15) is 10.4 Å². The van der Waals surface area contributed by atoms with Gasteiger partial charge < -0.3 is 14.4 Å². The molecule has 2 rings (SSSR count). The van der Waals surface area contributed by atoms with Crippen molar-refractivity contribution in [3.63, 3.8) is 0 Å². The second-order valence-corrected chi connectivity index (χ2v) is 5.89. The summed E-state index contributed by atoms with van der Waals surface area (Å²) in [4.78, 5) is 13.9. The molecule has 0 N–H and O–H groups in total. The van der Waals surface area contributed by atoms with Crippen molar-refractivity contribution in [3.8, 4) is 23.1 Å². The van der Waals surface area contributed by atoms with Crippen LogP contribution in [0.4, 0.5) is 0 Å². The lowest BCUT2D eigenvalue weighted by molar-refractivity contribution is -0.131.